The number of hydrogen-bond donors (Lipinski definition) is 1. The lowest BCUT2D eigenvalue weighted by Gasteiger charge is -2.07. The molecule has 5 heteroatoms. The lowest BCUT2D eigenvalue weighted by molar-refractivity contribution is -0.138. The van der Waals surface area contributed by atoms with E-state index in [1.165, 1.54) is 0 Å². The Balaban J connectivity index is 2.64. The van der Waals surface area contributed by atoms with Gasteiger partial charge >= 0.3 is 5.97 Å². The van der Waals surface area contributed by atoms with Gasteiger partial charge in [-0.2, -0.15) is 0 Å². The third kappa shape index (κ3) is 1.71. The molecule has 0 saturated heterocycles. The van der Waals surface area contributed by atoms with Gasteiger partial charge in [0.1, 0.15) is 0 Å². The Hall–Kier alpha value is -1.36. The summed E-state index contributed by atoms with van der Waals surface area (Å²) in [6.45, 7) is 1.67. The number of hydrogen-bond acceptors (Lipinski definition) is 2. The minimum Gasteiger partial charge on any atom is -0.481 e. The highest BCUT2D eigenvalue weighted by Gasteiger charge is 2.19. The molecule has 2 rings (SSSR count). The standard InChI is InChI=1S/C11H11BrN2O2/c1-6(11(15)16)9-4-8-10(14(9)2)3-7(12)5-13-8/h3-6H,1-2H3,(H,15,16). The fraction of sp³-hybridized carbons (Fsp3) is 0.273. The molecule has 1 N–H and O–H groups in total. The summed E-state index contributed by atoms with van der Waals surface area (Å²) < 4.78 is 2.75. The van der Waals surface area contributed by atoms with Crippen molar-refractivity contribution in [1.82, 2.24) is 9.55 Å². The maximum atomic E-state index is 11.0. The number of carboxylic acids is 1. The van der Waals surface area contributed by atoms with Crippen LogP contribution in [0.15, 0.2) is 22.8 Å². The Labute approximate surface area is 101 Å². The van der Waals surface area contributed by atoms with Crippen molar-refractivity contribution in [2.75, 3.05) is 0 Å². The van der Waals surface area contributed by atoms with Crippen LogP contribution in [-0.4, -0.2) is 20.6 Å². The maximum absolute atomic E-state index is 11.0. The summed E-state index contributed by atoms with van der Waals surface area (Å²) in [5.74, 6) is -1.36. The number of nitrogens with zero attached hydrogens (tertiary/aromatic N) is 2. The molecule has 0 saturated carbocycles. The molecule has 2 aromatic heterocycles. The van der Waals surface area contributed by atoms with E-state index in [2.05, 4.69) is 20.9 Å². The fourth-order valence-electron chi connectivity index (χ4n) is 1.74. The SMILES string of the molecule is CC(C(=O)O)c1cc2ncc(Br)cc2n1C. The van der Waals surface area contributed by atoms with Crippen molar-refractivity contribution in [3.63, 3.8) is 0 Å². The average molecular weight is 283 g/mol. The number of aliphatic carboxylic acids is 1. The quantitative estimate of drug-likeness (QED) is 0.921. The lowest BCUT2D eigenvalue weighted by atomic mass is 10.1. The van der Waals surface area contributed by atoms with Gasteiger partial charge < -0.3 is 9.67 Å². The largest absolute Gasteiger partial charge is 0.481 e. The van der Waals surface area contributed by atoms with E-state index in [9.17, 15) is 4.79 Å². The molecule has 2 aromatic rings. The van der Waals surface area contributed by atoms with Crippen LogP contribution in [-0.2, 0) is 11.8 Å². The van der Waals surface area contributed by atoms with Crippen molar-refractivity contribution >= 4 is 32.9 Å². The highest BCUT2D eigenvalue weighted by atomic mass is 79.9. The van der Waals surface area contributed by atoms with Gasteiger partial charge in [0.05, 0.1) is 17.0 Å². The van der Waals surface area contributed by atoms with E-state index >= 15 is 0 Å². The number of pyridine rings is 1. The molecule has 0 fully saturated rings. The highest BCUT2D eigenvalue weighted by molar-refractivity contribution is 9.10. The summed E-state index contributed by atoms with van der Waals surface area (Å²) in [7, 11) is 1.85. The van der Waals surface area contributed by atoms with Crippen LogP contribution in [0.3, 0.4) is 0 Å². The fourth-order valence-corrected chi connectivity index (χ4v) is 2.06. The van der Waals surface area contributed by atoms with Gasteiger partial charge in [0.2, 0.25) is 0 Å². The number of carboxylic acid groups (broad SMARTS) is 1. The van der Waals surface area contributed by atoms with Gasteiger partial charge in [-0.25, -0.2) is 0 Å². The molecule has 0 aliphatic carbocycles. The monoisotopic (exact) mass is 282 g/mol. The third-order valence-corrected chi connectivity index (χ3v) is 3.15. The second-order valence-electron chi connectivity index (χ2n) is 3.75. The third-order valence-electron chi connectivity index (χ3n) is 2.71. The Bertz CT molecular complexity index is 562. The number of aromatic nitrogens is 2. The van der Waals surface area contributed by atoms with Crippen LogP contribution < -0.4 is 0 Å². The van der Waals surface area contributed by atoms with Gasteiger partial charge in [-0.05, 0) is 35.0 Å². The van der Waals surface area contributed by atoms with Crippen molar-refractivity contribution in [3.8, 4) is 0 Å². The molecule has 0 spiro atoms. The van der Waals surface area contributed by atoms with Gasteiger partial charge in [0.25, 0.3) is 0 Å². The Morgan fingerprint density at radius 3 is 2.88 bits per heavy atom. The van der Waals surface area contributed by atoms with E-state index in [-0.39, 0.29) is 0 Å². The molecular weight excluding hydrogens is 272 g/mol. The molecule has 2 heterocycles. The molecule has 0 radical (unpaired) electrons. The molecule has 0 aliphatic rings. The van der Waals surface area contributed by atoms with E-state index in [1.807, 2.05) is 23.7 Å². The number of halogens is 1. The summed E-state index contributed by atoms with van der Waals surface area (Å²) in [6, 6.07) is 3.75. The number of aryl methyl sites for hydroxylation is 1. The van der Waals surface area contributed by atoms with Crippen LogP contribution in [0.1, 0.15) is 18.5 Å². The number of rotatable bonds is 2. The van der Waals surface area contributed by atoms with Gasteiger partial charge in [-0.3, -0.25) is 9.78 Å². The van der Waals surface area contributed by atoms with Gasteiger partial charge in [0, 0.05) is 23.4 Å². The lowest BCUT2D eigenvalue weighted by Crippen LogP contribution is -2.11. The average Bonchev–Trinajstić information content (AvgIpc) is 2.55. The minimum atomic E-state index is -0.829. The molecular formula is C11H11BrN2O2. The first-order valence-electron chi connectivity index (χ1n) is 4.84. The van der Waals surface area contributed by atoms with Gasteiger partial charge in [-0.15, -0.1) is 0 Å². The van der Waals surface area contributed by atoms with Crippen LogP contribution in [0.5, 0.6) is 0 Å². The summed E-state index contributed by atoms with van der Waals surface area (Å²) in [5.41, 5.74) is 2.50. The van der Waals surface area contributed by atoms with Gasteiger partial charge in [0.15, 0.2) is 0 Å². The zero-order valence-corrected chi connectivity index (χ0v) is 10.5. The van der Waals surface area contributed by atoms with Crippen LogP contribution in [0, 0.1) is 0 Å². The van der Waals surface area contributed by atoms with Crippen LogP contribution in [0.25, 0.3) is 11.0 Å². The van der Waals surface area contributed by atoms with Crippen molar-refractivity contribution in [2.24, 2.45) is 7.05 Å². The molecule has 0 aromatic carbocycles. The summed E-state index contributed by atoms with van der Waals surface area (Å²) in [6.07, 6.45) is 1.71. The highest BCUT2D eigenvalue weighted by Crippen LogP contribution is 2.25. The summed E-state index contributed by atoms with van der Waals surface area (Å²) in [4.78, 5) is 15.2. The number of carbonyl (C=O) groups is 1. The van der Waals surface area contributed by atoms with Crippen molar-refractivity contribution in [3.05, 3.63) is 28.5 Å². The zero-order chi connectivity index (χ0) is 11.9. The normalized spacial score (nSPS) is 12.9. The molecule has 0 aliphatic heterocycles. The molecule has 1 unspecified atom stereocenters. The molecule has 4 nitrogen and oxygen atoms in total. The van der Waals surface area contributed by atoms with E-state index in [4.69, 9.17) is 5.11 Å². The van der Waals surface area contributed by atoms with Crippen LogP contribution in [0.2, 0.25) is 0 Å². The number of fused-ring (bicyclic) bond motifs is 1. The minimum absolute atomic E-state index is 0.530. The zero-order valence-electron chi connectivity index (χ0n) is 8.94. The Morgan fingerprint density at radius 2 is 2.25 bits per heavy atom. The van der Waals surface area contributed by atoms with E-state index in [0.717, 1.165) is 21.2 Å². The van der Waals surface area contributed by atoms with E-state index in [0.29, 0.717) is 0 Å². The second-order valence-corrected chi connectivity index (χ2v) is 4.66. The van der Waals surface area contributed by atoms with Crippen molar-refractivity contribution in [1.29, 1.82) is 0 Å². The topological polar surface area (TPSA) is 55.1 Å². The first kappa shape index (κ1) is 11.1. The molecule has 0 amide bonds. The summed E-state index contributed by atoms with van der Waals surface area (Å²) >= 11 is 3.35. The predicted octanol–water partition coefficient (Wildman–Crippen LogP) is 2.52. The predicted molar refractivity (Wildman–Crippen MR) is 64.5 cm³/mol. The Kier molecular flexibility index (Phi) is 2.71. The summed E-state index contributed by atoms with van der Waals surface area (Å²) in [5, 5.41) is 9.00. The molecule has 0 bridgehead atoms. The van der Waals surface area contributed by atoms with Crippen LogP contribution >= 0.6 is 15.9 Å². The maximum Gasteiger partial charge on any atom is 0.312 e. The molecule has 1 atom stereocenters. The van der Waals surface area contributed by atoms with Crippen molar-refractivity contribution < 1.29 is 9.90 Å². The Morgan fingerprint density at radius 1 is 1.56 bits per heavy atom. The van der Waals surface area contributed by atoms with Gasteiger partial charge in [-0.1, -0.05) is 0 Å². The first-order valence-corrected chi connectivity index (χ1v) is 5.63. The molecule has 16 heavy (non-hydrogen) atoms. The van der Waals surface area contributed by atoms with E-state index < -0.39 is 11.9 Å². The second kappa shape index (κ2) is 3.90. The molecule has 84 valence electrons. The first-order chi connectivity index (χ1) is 7.50. The van der Waals surface area contributed by atoms with E-state index in [1.54, 1.807) is 13.1 Å². The van der Waals surface area contributed by atoms with Crippen LogP contribution in [0.4, 0.5) is 0 Å². The smallest absolute Gasteiger partial charge is 0.312 e. The van der Waals surface area contributed by atoms with Crippen molar-refractivity contribution in [2.45, 2.75) is 12.8 Å².